The van der Waals surface area contributed by atoms with Crippen LogP contribution in [0.5, 0.6) is 0 Å². The van der Waals surface area contributed by atoms with E-state index in [4.69, 9.17) is 4.42 Å². The molecule has 1 atom stereocenters. The zero-order valence-corrected chi connectivity index (χ0v) is 14.2. The van der Waals surface area contributed by atoms with Crippen LogP contribution in [-0.2, 0) is 5.60 Å². The van der Waals surface area contributed by atoms with E-state index in [1.165, 1.54) is 11.3 Å². The first-order chi connectivity index (χ1) is 10.9. The van der Waals surface area contributed by atoms with E-state index >= 15 is 0 Å². The number of amides is 1. The van der Waals surface area contributed by atoms with E-state index in [0.717, 1.165) is 15.0 Å². The molecule has 0 saturated heterocycles. The third kappa shape index (κ3) is 3.16. The summed E-state index contributed by atoms with van der Waals surface area (Å²) in [5.74, 6) is 1.05. The molecule has 0 saturated carbocycles. The molecule has 1 unspecified atom stereocenters. The lowest BCUT2D eigenvalue weighted by Crippen LogP contribution is -2.38. The quantitative estimate of drug-likeness (QED) is 0.766. The van der Waals surface area contributed by atoms with Gasteiger partial charge in [0, 0.05) is 9.58 Å². The Morgan fingerprint density at radius 3 is 2.70 bits per heavy atom. The minimum atomic E-state index is -1.12. The lowest BCUT2D eigenvalue weighted by atomic mass is 10.0. The minimum Gasteiger partial charge on any atom is -0.466 e. The molecule has 1 aromatic carbocycles. The van der Waals surface area contributed by atoms with Crippen molar-refractivity contribution in [2.24, 2.45) is 0 Å². The molecule has 0 bridgehead atoms. The average Bonchev–Trinajstić information content (AvgIpc) is 3.08. The van der Waals surface area contributed by atoms with E-state index in [-0.39, 0.29) is 12.5 Å². The van der Waals surface area contributed by atoms with Gasteiger partial charge in [-0.2, -0.15) is 0 Å². The molecule has 23 heavy (non-hydrogen) atoms. The van der Waals surface area contributed by atoms with E-state index in [9.17, 15) is 9.90 Å². The monoisotopic (exact) mass is 329 g/mol. The van der Waals surface area contributed by atoms with Crippen LogP contribution in [0.25, 0.3) is 10.1 Å². The van der Waals surface area contributed by atoms with Gasteiger partial charge in [0.15, 0.2) is 0 Å². The fourth-order valence-electron chi connectivity index (χ4n) is 2.54. The van der Waals surface area contributed by atoms with Gasteiger partial charge in [-0.25, -0.2) is 0 Å². The second-order valence-corrected chi connectivity index (χ2v) is 7.02. The van der Waals surface area contributed by atoms with Gasteiger partial charge in [0.05, 0.1) is 12.1 Å². The highest BCUT2D eigenvalue weighted by molar-refractivity contribution is 7.19. The number of carbonyl (C=O) groups is 1. The molecule has 2 heterocycles. The van der Waals surface area contributed by atoms with Crippen LogP contribution in [0, 0.1) is 13.8 Å². The summed E-state index contributed by atoms with van der Waals surface area (Å²) < 4.78 is 6.49. The predicted octanol–water partition coefficient (Wildman–Crippen LogP) is 3.75. The third-order valence-electron chi connectivity index (χ3n) is 3.84. The number of hydrogen-bond donors (Lipinski definition) is 2. The zero-order valence-electron chi connectivity index (χ0n) is 13.3. The van der Waals surface area contributed by atoms with E-state index in [1.54, 1.807) is 26.8 Å². The molecule has 1 amide bonds. The molecule has 0 spiro atoms. The van der Waals surface area contributed by atoms with Crippen molar-refractivity contribution in [1.29, 1.82) is 0 Å². The molecule has 2 aromatic heterocycles. The number of aliphatic hydroxyl groups is 1. The number of carbonyl (C=O) groups excluding carboxylic acids is 1. The maximum Gasteiger partial charge on any atom is 0.254 e. The summed E-state index contributed by atoms with van der Waals surface area (Å²) in [5, 5.41) is 14.6. The summed E-state index contributed by atoms with van der Waals surface area (Å²) >= 11 is 1.54. The van der Waals surface area contributed by atoms with Gasteiger partial charge in [-0.3, -0.25) is 4.79 Å². The number of benzene rings is 1. The summed E-state index contributed by atoms with van der Waals surface area (Å²) in [6, 6.07) is 11.7. The molecule has 0 aliphatic carbocycles. The highest BCUT2D eigenvalue weighted by Gasteiger charge is 2.27. The van der Waals surface area contributed by atoms with E-state index in [2.05, 4.69) is 5.32 Å². The molecule has 3 aromatic rings. The van der Waals surface area contributed by atoms with Gasteiger partial charge < -0.3 is 14.8 Å². The van der Waals surface area contributed by atoms with Crippen molar-refractivity contribution in [2.75, 3.05) is 6.54 Å². The number of fused-ring (bicyclic) bond motifs is 1. The van der Waals surface area contributed by atoms with Crippen molar-refractivity contribution in [3.8, 4) is 0 Å². The lowest BCUT2D eigenvalue weighted by molar-refractivity contribution is 0.0557. The molecular weight excluding hydrogens is 310 g/mol. The maximum absolute atomic E-state index is 12.3. The Bertz CT molecular complexity index is 827. The predicted molar refractivity (Wildman–Crippen MR) is 91.9 cm³/mol. The van der Waals surface area contributed by atoms with Gasteiger partial charge in [0.25, 0.3) is 5.91 Å². The highest BCUT2D eigenvalue weighted by Crippen LogP contribution is 2.32. The second kappa shape index (κ2) is 5.83. The van der Waals surface area contributed by atoms with Gasteiger partial charge >= 0.3 is 0 Å². The van der Waals surface area contributed by atoms with Crippen LogP contribution in [-0.4, -0.2) is 17.6 Å². The fourth-order valence-corrected chi connectivity index (χ4v) is 3.64. The number of hydrogen-bond acceptors (Lipinski definition) is 4. The highest BCUT2D eigenvalue weighted by atomic mass is 32.1. The van der Waals surface area contributed by atoms with Crippen LogP contribution in [0.15, 0.2) is 40.8 Å². The Morgan fingerprint density at radius 1 is 1.30 bits per heavy atom. The number of rotatable bonds is 4. The van der Waals surface area contributed by atoms with Gasteiger partial charge in [0.2, 0.25) is 0 Å². The van der Waals surface area contributed by atoms with Crippen LogP contribution in [0.2, 0.25) is 0 Å². The van der Waals surface area contributed by atoms with Crippen LogP contribution in [0.3, 0.4) is 0 Å². The summed E-state index contributed by atoms with van der Waals surface area (Å²) in [6.07, 6.45) is 0. The van der Waals surface area contributed by atoms with Crippen LogP contribution < -0.4 is 5.32 Å². The molecule has 4 nitrogen and oxygen atoms in total. The van der Waals surface area contributed by atoms with E-state index in [1.807, 2.05) is 30.3 Å². The largest absolute Gasteiger partial charge is 0.466 e. The Balaban J connectivity index is 1.75. The van der Waals surface area contributed by atoms with E-state index < -0.39 is 5.60 Å². The SMILES string of the molecule is Cc1cc(C(=O)NCC(C)(O)c2cc3ccccc3s2)c(C)o1. The molecular formula is C18H19NO3S. The Morgan fingerprint density at radius 2 is 2.04 bits per heavy atom. The van der Waals surface area contributed by atoms with Gasteiger partial charge in [0.1, 0.15) is 17.1 Å². The van der Waals surface area contributed by atoms with Crippen LogP contribution in [0.1, 0.15) is 33.7 Å². The van der Waals surface area contributed by atoms with Crippen molar-refractivity contribution >= 4 is 27.3 Å². The summed E-state index contributed by atoms with van der Waals surface area (Å²) in [5.41, 5.74) is -0.610. The van der Waals surface area contributed by atoms with Crippen molar-refractivity contribution in [1.82, 2.24) is 5.32 Å². The maximum atomic E-state index is 12.3. The van der Waals surface area contributed by atoms with Crippen molar-refractivity contribution < 1.29 is 14.3 Å². The molecule has 0 aliphatic rings. The first-order valence-corrected chi connectivity index (χ1v) is 8.25. The Hall–Kier alpha value is -2.11. The Labute approximate surface area is 138 Å². The lowest BCUT2D eigenvalue weighted by Gasteiger charge is -2.22. The van der Waals surface area contributed by atoms with Crippen molar-refractivity contribution in [3.63, 3.8) is 0 Å². The fraction of sp³-hybridized carbons (Fsp3) is 0.278. The summed E-state index contributed by atoms with van der Waals surface area (Å²) in [7, 11) is 0. The molecule has 5 heteroatoms. The normalized spacial score (nSPS) is 13.9. The van der Waals surface area contributed by atoms with Gasteiger partial charge in [-0.05, 0) is 44.4 Å². The second-order valence-electron chi connectivity index (χ2n) is 5.93. The number of aryl methyl sites for hydroxylation is 2. The standard InChI is InChI=1S/C18H19NO3S/c1-11-8-14(12(2)22-11)17(20)19-10-18(3,21)16-9-13-6-4-5-7-15(13)23-16/h4-9,21H,10H2,1-3H3,(H,19,20). The smallest absolute Gasteiger partial charge is 0.254 e. The summed E-state index contributed by atoms with van der Waals surface area (Å²) in [4.78, 5) is 13.1. The number of thiophene rings is 1. The minimum absolute atomic E-state index is 0.141. The van der Waals surface area contributed by atoms with Gasteiger partial charge in [-0.15, -0.1) is 11.3 Å². The first kappa shape index (κ1) is 15.8. The molecule has 3 rings (SSSR count). The topological polar surface area (TPSA) is 62.5 Å². The molecule has 120 valence electrons. The Kier molecular flexibility index (Phi) is 4.00. The van der Waals surface area contributed by atoms with Crippen molar-refractivity contribution in [3.05, 3.63) is 58.4 Å². The van der Waals surface area contributed by atoms with Crippen LogP contribution in [0.4, 0.5) is 0 Å². The van der Waals surface area contributed by atoms with Crippen molar-refractivity contribution in [2.45, 2.75) is 26.4 Å². The zero-order chi connectivity index (χ0) is 16.6. The first-order valence-electron chi connectivity index (χ1n) is 7.43. The van der Waals surface area contributed by atoms with Gasteiger partial charge in [-0.1, -0.05) is 18.2 Å². The third-order valence-corrected chi connectivity index (χ3v) is 5.20. The number of nitrogens with one attached hydrogen (secondary N) is 1. The molecule has 2 N–H and O–H groups in total. The van der Waals surface area contributed by atoms with E-state index in [0.29, 0.717) is 17.1 Å². The average molecular weight is 329 g/mol. The molecule has 0 fully saturated rings. The number of furan rings is 1. The molecule has 0 aliphatic heterocycles. The van der Waals surface area contributed by atoms with Crippen LogP contribution >= 0.6 is 11.3 Å². The summed E-state index contributed by atoms with van der Waals surface area (Å²) in [6.45, 7) is 5.41. The molecule has 0 radical (unpaired) electrons.